The zero-order valence-electron chi connectivity index (χ0n) is 19.8. The molecular weight excluding hydrogens is 527 g/mol. The Kier molecular flexibility index (Phi) is 8.91. The Labute approximate surface area is 215 Å². The summed E-state index contributed by atoms with van der Waals surface area (Å²) in [4.78, 5) is 36.1. The van der Waals surface area contributed by atoms with Crippen LogP contribution in [0.15, 0.2) is 65.6 Å². The first kappa shape index (κ1) is 28.0. The molecule has 0 aliphatic carbocycles. The molecule has 10 nitrogen and oxygen atoms in total. The van der Waals surface area contributed by atoms with Crippen LogP contribution in [0, 0.1) is 24.4 Å². The fourth-order valence-electron chi connectivity index (χ4n) is 3.12. The highest BCUT2D eigenvalue weighted by Gasteiger charge is 2.17. The molecule has 0 radical (unpaired) electrons. The Hall–Kier alpha value is -4.59. The Morgan fingerprint density at radius 2 is 1.47 bits per heavy atom. The maximum atomic E-state index is 14.4. The standard InChI is InChI=1S/C24H22F3N5O5S/c1-14-3-2-4-19(9-14)38(36,37)32-23(34)29-8-7-28-22(33)15-5-6-21(20(27)10-15)31-24(35)30-18-12-16(25)11-17(26)13-18/h2-6,9-13H,7-8H2,1H3,(H,28,33)(H2,29,32,34)(H2,30,31,35). The highest BCUT2D eigenvalue weighted by molar-refractivity contribution is 7.90. The number of rotatable bonds is 8. The Balaban J connectivity index is 1.46. The molecule has 0 fully saturated rings. The predicted octanol–water partition coefficient (Wildman–Crippen LogP) is 3.47. The van der Waals surface area contributed by atoms with Crippen molar-refractivity contribution in [3.05, 3.63) is 89.2 Å². The van der Waals surface area contributed by atoms with E-state index in [0.29, 0.717) is 11.6 Å². The number of halogens is 3. The van der Waals surface area contributed by atoms with Crippen LogP contribution in [-0.2, 0) is 10.0 Å². The average molecular weight is 550 g/mol. The van der Waals surface area contributed by atoms with E-state index in [1.807, 2.05) is 4.72 Å². The van der Waals surface area contributed by atoms with E-state index < -0.39 is 45.4 Å². The van der Waals surface area contributed by atoms with Gasteiger partial charge in [-0.05, 0) is 55.0 Å². The summed E-state index contributed by atoms with van der Waals surface area (Å²) < 4.78 is 67.1. The van der Waals surface area contributed by atoms with Crippen molar-refractivity contribution in [3.63, 3.8) is 0 Å². The zero-order valence-corrected chi connectivity index (χ0v) is 20.6. The number of hydrogen-bond donors (Lipinski definition) is 5. The predicted molar refractivity (Wildman–Crippen MR) is 133 cm³/mol. The molecule has 200 valence electrons. The van der Waals surface area contributed by atoms with Crippen LogP contribution >= 0.6 is 0 Å². The lowest BCUT2D eigenvalue weighted by Crippen LogP contribution is -2.42. The van der Waals surface area contributed by atoms with E-state index in [9.17, 15) is 36.0 Å². The molecule has 0 atom stereocenters. The molecule has 3 rings (SSSR count). The zero-order chi connectivity index (χ0) is 27.9. The van der Waals surface area contributed by atoms with Crippen molar-refractivity contribution < 1.29 is 36.0 Å². The summed E-state index contributed by atoms with van der Waals surface area (Å²) in [7, 11) is -4.08. The van der Waals surface area contributed by atoms with Gasteiger partial charge in [-0.25, -0.2) is 35.9 Å². The summed E-state index contributed by atoms with van der Waals surface area (Å²) in [6, 6.07) is 9.52. The maximum absolute atomic E-state index is 14.4. The van der Waals surface area contributed by atoms with Gasteiger partial charge in [-0.2, -0.15) is 0 Å². The van der Waals surface area contributed by atoms with Gasteiger partial charge in [0.15, 0.2) is 0 Å². The summed E-state index contributed by atoms with van der Waals surface area (Å²) in [5.74, 6) is -3.49. The van der Waals surface area contributed by atoms with Gasteiger partial charge in [0.05, 0.1) is 10.6 Å². The van der Waals surface area contributed by atoms with Gasteiger partial charge in [0.25, 0.3) is 15.9 Å². The molecular formula is C24H22F3N5O5S. The first-order valence-electron chi connectivity index (χ1n) is 10.9. The Morgan fingerprint density at radius 1 is 0.789 bits per heavy atom. The SMILES string of the molecule is Cc1cccc(S(=O)(=O)NC(=O)NCCNC(=O)c2ccc(NC(=O)Nc3cc(F)cc(F)c3)c(F)c2)c1. The molecule has 3 aromatic rings. The normalized spacial score (nSPS) is 10.8. The molecule has 5 amide bonds. The second-order valence-electron chi connectivity index (χ2n) is 7.87. The summed E-state index contributed by atoms with van der Waals surface area (Å²) in [5, 5.41) is 9.01. The number of sulfonamides is 1. The van der Waals surface area contributed by atoms with E-state index in [2.05, 4.69) is 21.3 Å². The summed E-state index contributed by atoms with van der Waals surface area (Å²) in [6.07, 6.45) is 0. The van der Waals surface area contributed by atoms with Crippen LogP contribution in [0.1, 0.15) is 15.9 Å². The van der Waals surface area contributed by atoms with Crippen molar-refractivity contribution >= 4 is 39.4 Å². The molecule has 0 aliphatic rings. The van der Waals surface area contributed by atoms with Crippen molar-refractivity contribution in [3.8, 4) is 0 Å². The lowest BCUT2D eigenvalue weighted by molar-refractivity contribution is 0.0953. The minimum Gasteiger partial charge on any atom is -0.350 e. The van der Waals surface area contributed by atoms with Crippen LogP contribution in [-0.4, -0.2) is 39.5 Å². The summed E-state index contributed by atoms with van der Waals surface area (Å²) >= 11 is 0. The van der Waals surface area contributed by atoms with Gasteiger partial charge in [0.1, 0.15) is 17.5 Å². The van der Waals surface area contributed by atoms with Crippen LogP contribution in [0.3, 0.4) is 0 Å². The fourth-order valence-corrected chi connectivity index (χ4v) is 4.15. The van der Waals surface area contributed by atoms with Gasteiger partial charge in [-0.15, -0.1) is 0 Å². The van der Waals surface area contributed by atoms with E-state index in [1.165, 1.54) is 24.3 Å². The lowest BCUT2D eigenvalue weighted by Gasteiger charge is -2.11. The first-order valence-corrected chi connectivity index (χ1v) is 12.4. The average Bonchev–Trinajstić information content (AvgIpc) is 2.82. The number of urea groups is 2. The van der Waals surface area contributed by atoms with Gasteiger partial charge in [-0.1, -0.05) is 12.1 Å². The molecule has 0 spiro atoms. The van der Waals surface area contributed by atoms with Crippen LogP contribution in [0.25, 0.3) is 0 Å². The Morgan fingerprint density at radius 3 is 2.13 bits per heavy atom. The number of carbonyl (C=O) groups is 3. The van der Waals surface area contributed by atoms with Crippen LogP contribution in [0.5, 0.6) is 0 Å². The minimum atomic E-state index is -4.08. The van der Waals surface area contributed by atoms with E-state index in [4.69, 9.17) is 0 Å². The maximum Gasteiger partial charge on any atom is 0.328 e. The Bertz CT molecular complexity index is 1460. The molecule has 0 heterocycles. The van der Waals surface area contributed by atoms with Crippen molar-refractivity contribution in [2.45, 2.75) is 11.8 Å². The topological polar surface area (TPSA) is 146 Å². The summed E-state index contributed by atoms with van der Waals surface area (Å²) in [5.41, 5.74) is 0.0998. The molecule has 5 N–H and O–H groups in total. The second kappa shape index (κ2) is 12.1. The largest absolute Gasteiger partial charge is 0.350 e. The molecule has 0 unspecified atom stereocenters. The van der Waals surface area contributed by atoms with Crippen molar-refractivity contribution in [2.75, 3.05) is 23.7 Å². The quantitative estimate of drug-likeness (QED) is 0.273. The van der Waals surface area contributed by atoms with E-state index in [-0.39, 0.29) is 34.9 Å². The second-order valence-corrected chi connectivity index (χ2v) is 9.55. The van der Waals surface area contributed by atoms with E-state index >= 15 is 0 Å². The van der Waals surface area contributed by atoms with Gasteiger partial charge in [0, 0.05) is 30.4 Å². The number of aryl methyl sites for hydroxylation is 1. The van der Waals surface area contributed by atoms with Crippen LogP contribution in [0.4, 0.5) is 34.1 Å². The van der Waals surface area contributed by atoms with E-state index in [0.717, 1.165) is 24.3 Å². The van der Waals surface area contributed by atoms with Crippen LogP contribution in [0.2, 0.25) is 0 Å². The van der Waals surface area contributed by atoms with Gasteiger partial charge < -0.3 is 21.3 Å². The third-order valence-electron chi connectivity index (χ3n) is 4.82. The number of amides is 5. The number of benzene rings is 3. The monoisotopic (exact) mass is 549 g/mol. The van der Waals surface area contributed by atoms with Gasteiger partial charge in [0.2, 0.25) is 0 Å². The van der Waals surface area contributed by atoms with Crippen molar-refractivity contribution in [1.82, 2.24) is 15.4 Å². The molecule has 0 bridgehead atoms. The van der Waals surface area contributed by atoms with Gasteiger partial charge in [-0.3, -0.25) is 4.79 Å². The van der Waals surface area contributed by atoms with Gasteiger partial charge >= 0.3 is 12.1 Å². The first-order chi connectivity index (χ1) is 17.9. The lowest BCUT2D eigenvalue weighted by atomic mass is 10.2. The number of nitrogens with one attached hydrogen (secondary N) is 5. The highest BCUT2D eigenvalue weighted by Crippen LogP contribution is 2.18. The molecule has 0 aromatic heterocycles. The molecule has 0 aliphatic heterocycles. The minimum absolute atomic E-state index is 0.0822. The van der Waals surface area contributed by atoms with E-state index in [1.54, 1.807) is 13.0 Å². The van der Waals surface area contributed by atoms with Crippen molar-refractivity contribution in [1.29, 1.82) is 0 Å². The number of hydrogen-bond acceptors (Lipinski definition) is 5. The molecule has 0 saturated heterocycles. The number of carbonyl (C=O) groups excluding carboxylic acids is 3. The molecule has 38 heavy (non-hydrogen) atoms. The number of anilines is 2. The summed E-state index contributed by atoms with van der Waals surface area (Å²) in [6.45, 7) is 1.46. The fraction of sp³-hybridized carbons (Fsp3) is 0.125. The smallest absolute Gasteiger partial charge is 0.328 e. The third kappa shape index (κ3) is 7.96. The molecule has 0 saturated carbocycles. The van der Waals surface area contributed by atoms with Crippen molar-refractivity contribution in [2.24, 2.45) is 0 Å². The third-order valence-corrected chi connectivity index (χ3v) is 6.15. The molecule has 14 heteroatoms. The van der Waals surface area contributed by atoms with Crippen LogP contribution < -0.4 is 26.0 Å². The molecule has 3 aromatic carbocycles. The highest BCUT2D eigenvalue weighted by atomic mass is 32.2.